The van der Waals surface area contributed by atoms with Crippen molar-refractivity contribution in [1.82, 2.24) is 19.7 Å². The maximum atomic E-state index is 12.8. The number of aromatic nitrogens is 1. The van der Waals surface area contributed by atoms with Gasteiger partial charge < -0.3 is 14.4 Å². The fourth-order valence-electron chi connectivity index (χ4n) is 4.98. The molecule has 1 aromatic heterocycles. The molecule has 1 fully saturated rings. The van der Waals surface area contributed by atoms with E-state index in [0.717, 1.165) is 62.8 Å². The van der Waals surface area contributed by atoms with Crippen LogP contribution in [0.1, 0.15) is 21.5 Å². The topological polar surface area (TPSA) is 58.1 Å². The van der Waals surface area contributed by atoms with Crippen molar-refractivity contribution in [2.45, 2.75) is 13.1 Å². The van der Waals surface area contributed by atoms with E-state index in [9.17, 15) is 4.79 Å². The summed E-state index contributed by atoms with van der Waals surface area (Å²) < 4.78 is 11.2. The lowest BCUT2D eigenvalue weighted by Crippen LogP contribution is -2.49. The molecule has 7 heteroatoms. The van der Waals surface area contributed by atoms with Crippen molar-refractivity contribution in [1.29, 1.82) is 0 Å². The van der Waals surface area contributed by atoms with Gasteiger partial charge in [-0.2, -0.15) is 0 Å². The van der Waals surface area contributed by atoms with Gasteiger partial charge in [-0.25, -0.2) is 0 Å². The van der Waals surface area contributed by atoms with Gasteiger partial charge >= 0.3 is 0 Å². The molecule has 0 radical (unpaired) electrons. The predicted molar refractivity (Wildman–Crippen MR) is 154 cm³/mol. The van der Waals surface area contributed by atoms with E-state index in [4.69, 9.17) is 9.47 Å². The molecule has 0 spiro atoms. The molecule has 0 aliphatic carbocycles. The molecule has 5 rings (SSSR count). The number of carbonyl (C=O) groups is 1. The number of rotatable bonds is 10. The fourth-order valence-corrected chi connectivity index (χ4v) is 4.98. The Balaban J connectivity index is 1.02. The lowest BCUT2D eigenvalue weighted by molar-refractivity contribution is 0.0620. The maximum absolute atomic E-state index is 12.8. The summed E-state index contributed by atoms with van der Waals surface area (Å²) in [5.41, 5.74) is 4.27. The lowest BCUT2D eigenvalue weighted by Gasteiger charge is -2.34. The molecule has 0 saturated carbocycles. The standard InChI is InChI=1S/C32H36N4O3/c1-34(24-26-7-14-31-28(22-26)4-3-15-33-31)23-25-5-10-30(11-6-25)39-21-20-35-16-18-36(19-17-35)32(37)27-8-12-29(38-2)13-9-27/h3-15,22H,16-21,23-24H2,1-2H3. The molecule has 202 valence electrons. The van der Waals surface area contributed by atoms with E-state index in [2.05, 4.69) is 70.4 Å². The second kappa shape index (κ2) is 12.7. The van der Waals surface area contributed by atoms with Gasteiger partial charge in [0.05, 0.1) is 12.6 Å². The lowest BCUT2D eigenvalue weighted by atomic mass is 10.1. The van der Waals surface area contributed by atoms with Crippen molar-refractivity contribution in [3.8, 4) is 11.5 Å². The second-order valence-corrected chi connectivity index (χ2v) is 10.1. The summed E-state index contributed by atoms with van der Waals surface area (Å²) in [4.78, 5) is 23.8. The van der Waals surface area contributed by atoms with Crippen molar-refractivity contribution in [3.63, 3.8) is 0 Å². The summed E-state index contributed by atoms with van der Waals surface area (Å²) in [5, 5.41) is 1.17. The molecule has 1 aliphatic rings. The first-order valence-corrected chi connectivity index (χ1v) is 13.5. The molecule has 0 atom stereocenters. The Morgan fingerprint density at radius 3 is 2.31 bits per heavy atom. The number of ether oxygens (including phenoxy) is 2. The summed E-state index contributed by atoms with van der Waals surface area (Å²) in [6.45, 7) is 6.37. The Labute approximate surface area is 230 Å². The molecule has 4 aromatic rings. The van der Waals surface area contributed by atoms with Crippen molar-refractivity contribution < 1.29 is 14.3 Å². The van der Waals surface area contributed by atoms with E-state index in [1.165, 1.54) is 16.5 Å². The molecule has 3 aromatic carbocycles. The van der Waals surface area contributed by atoms with Crippen LogP contribution in [0, 0.1) is 0 Å². The van der Waals surface area contributed by atoms with Gasteiger partial charge in [0.25, 0.3) is 5.91 Å². The predicted octanol–water partition coefficient (Wildman–Crippen LogP) is 4.71. The SMILES string of the molecule is COc1ccc(C(=O)N2CCN(CCOc3ccc(CN(C)Cc4ccc5ncccc5c4)cc3)CC2)cc1. The van der Waals surface area contributed by atoms with Crippen LogP contribution < -0.4 is 9.47 Å². The van der Waals surface area contributed by atoms with Gasteiger partial charge in [-0.15, -0.1) is 0 Å². The number of carbonyl (C=O) groups excluding carboxylic acids is 1. The highest BCUT2D eigenvalue weighted by molar-refractivity contribution is 5.94. The van der Waals surface area contributed by atoms with Crippen LogP contribution in [0.3, 0.4) is 0 Å². The summed E-state index contributed by atoms with van der Waals surface area (Å²) in [7, 11) is 3.77. The quantitative estimate of drug-likeness (QED) is 0.300. The van der Waals surface area contributed by atoms with Gasteiger partial charge in [0.2, 0.25) is 0 Å². The van der Waals surface area contributed by atoms with Gasteiger partial charge in [-0.1, -0.05) is 24.3 Å². The number of fused-ring (bicyclic) bond motifs is 1. The summed E-state index contributed by atoms with van der Waals surface area (Å²) in [6.07, 6.45) is 1.83. The molecular formula is C32H36N4O3. The molecule has 7 nitrogen and oxygen atoms in total. The summed E-state index contributed by atoms with van der Waals surface area (Å²) in [5.74, 6) is 1.72. The normalized spacial score (nSPS) is 14.1. The van der Waals surface area contributed by atoms with E-state index in [1.807, 2.05) is 41.4 Å². The molecule has 1 amide bonds. The fraction of sp³-hybridized carbons (Fsp3) is 0.312. The Kier molecular flexibility index (Phi) is 8.71. The monoisotopic (exact) mass is 524 g/mol. The average Bonchev–Trinajstić information content (AvgIpc) is 2.98. The first kappa shape index (κ1) is 26.7. The van der Waals surface area contributed by atoms with Gasteiger partial charge in [0.1, 0.15) is 18.1 Å². The molecule has 2 heterocycles. The number of methoxy groups -OCH3 is 1. The zero-order valence-electron chi connectivity index (χ0n) is 22.8. The van der Waals surface area contributed by atoms with Crippen LogP contribution in [0.2, 0.25) is 0 Å². The number of nitrogens with zero attached hydrogens (tertiary/aromatic N) is 4. The number of hydrogen-bond donors (Lipinski definition) is 0. The number of amides is 1. The molecular weight excluding hydrogens is 488 g/mol. The zero-order valence-corrected chi connectivity index (χ0v) is 22.8. The highest BCUT2D eigenvalue weighted by Gasteiger charge is 2.22. The van der Waals surface area contributed by atoms with Crippen LogP contribution in [0.25, 0.3) is 10.9 Å². The van der Waals surface area contributed by atoms with Crippen molar-refractivity contribution in [3.05, 3.63) is 102 Å². The third-order valence-corrected chi connectivity index (χ3v) is 7.17. The van der Waals surface area contributed by atoms with Gasteiger partial charge in [-0.05, 0) is 72.8 Å². The van der Waals surface area contributed by atoms with E-state index in [1.54, 1.807) is 7.11 Å². The minimum atomic E-state index is 0.0776. The van der Waals surface area contributed by atoms with Crippen molar-refractivity contribution in [2.24, 2.45) is 0 Å². The molecule has 39 heavy (non-hydrogen) atoms. The third kappa shape index (κ3) is 7.13. The molecule has 0 unspecified atom stereocenters. The molecule has 1 aliphatic heterocycles. The highest BCUT2D eigenvalue weighted by atomic mass is 16.5. The van der Waals surface area contributed by atoms with Gasteiger partial charge in [0.15, 0.2) is 0 Å². The smallest absolute Gasteiger partial charge is 0.253 e. The van der Waals surface area contributed by atoms with Crippen LogP contribution in [-0.2, 0) is 13.1 Å². The van der Waals surface area contributed by atoms with Crippen LogP contribution in [0.4, 0.5) is 0 Å². The summed E-state index contributed by atoms with van der Waals surface area (Å²) in [6, 6.07) is 26.2. The van der Waals surface area contributed by atoms with E-state index < -0.39 is 0 Å². The Morgan fingerprint density at radius 2 is 1.56 bits per heavy atom. The second-order valence-electron chi connectivity index (χ2n) is 10.1. The largest absolute Gasteiger partial charge is 0.497 e. The van der Waals surface area contributed by atoms with E-state index in [0.29, 0.717) is 12.2 Å². The summed E-state index contributed by atoms with van der Waals surface area (Å²) >= 11 is 0. The number of pyridine rings is 1. The number of benzene rings is 3. The van der Waals surface area contributed by atoms with Gasteiger partial charge in [-0.3, -0.25) is 19.6 Å². The highest BCUT2D eigenvalue weighted by Crippen LogP contribution is 2.18. The maximum Gasteiger partial charge on any atom is 0.253 e. The number of hydrogen-bond acceptors (Lipinski definition) is 6. The Morgan fingerprint density at radius 1 is 0.872 bits per heavy atom. The molecule has 1 saturated heterocycles. The third-order valence-electron chi connectivity index (χ3n) is 7.17. The average molecular weight is 525 g/mol. The van der Waals surface area contributed by atoms with Crippen LogP contribution >= 0.6 is 0 Å². The van der Waals surface area contributed by atoms with E-state index >= 15 is 0 Å². The van der Waals surface area contributed by atoms with E-state index in [-0.39, 0.29) is 5.91 Å². The molecule has 0 N–H and O–H groups in total. The van der Waals surface area contributed by atoms with Gasteiger partial charge in [0, 0.05) is 63.0 Å². The number of piperazine rings is 1. The minimum Gasteiger partial charge on any atom is -0.497 e. The minimum absolute atomic E-state index is 0.0776. The Bertz CT molecular complexity index is 1370. The van der Waals surface area contributed by atoms with Crippen molar-refractivity contribution >= 4 is 16.8 Å². The van der Waals surface area contributed by atoms with Crippen LogP contribution in [0.15, 0.2) is 85.1 Å². The van der Waals surface area contributed by atoms with Crippen LogP contribution in [0.5, 0.6) is 11.5 Å². The van der Waals surface area contributed by atoms with Crippen molar-refractivity contribution in [2.75, 3.05) is 53.5 Å². The molecule has 0 bridgehead atoms. The Hall–Kier alpha value is -3.94. The first-order valence-electron chi connectivity index (χ1n) is 13.5. The zero-order chi connectivity index (χ0) is 27.0. The van der Waals surface area contributed by atoms with Crippen LogP contribution in [-0.4, -0.2) is 79.1 Å². The first-order chi connectivity index (χ1) is 19.1.